The van der Waals surface area contributed by atoms with Gasteiger partial charge < -0.3 is 14.2 Å². The van der Waals surface area contributed by atoms with Gasteiger partial charge in [0, 0.05) is 45.1 Å². The molecule has 4 heterocycles. The Bertz CT molecular complexity index is 492. The van der Waals surface area contributed by atoms with Crippen LogP contribution >= 0.6 is 0 Å². The van der Waals surface area contributed by atoms with Crippen LogP contribution in [0.3, 0.4) is 0 Å². The molecule has 3 fully saturated rings. The van der Waals surface area contributed by atoms with Crippen LogP contribution in [0.1, 0.15) is 25.7 Å². The van der Waals surface area contributed by atoms with E-state index >= 15 is 0 Å². The quantitative estimate of drug-likeness (QED) is 0.851. The fourth-order valence-corrected chi connectivity index (χ4v) is 4.17. The molecule has 3 aliphatic heterocycles. The number of pyridine rings is 1. The van der Waals surface area contributed by atoms with Crippen molar-refractivity contribution in [1.82, 2.24) is 9.88 Å². The molecule has 0 amide bonds. The zero-order chi connectivity index (χ0) is 15.5. The SMILES string of the molecule is c1cncc(O[C@@H]2CN(CC3CCOCC3)[C@@H]3CCCO[C@@H]32)c1. The summed E-state index contributed by atoms with van der Waals surface area (Å²) in [6, 6.07) is 4.41. The Hall–Kier alpha value is -1.17. The summed E-state index contributed by atoms with van der Waals surface area (Å²) in [7, 11) is 0. The summed E-state index contributed by atoms with van der Waals surface area (Å²) in [5.74, 6) is 1.60. The van der Waals surface area contributed by atoms with Gasteiger partial charge in [0.05, 0.1) is 6.20 Å². The van der Waals surface area contributed by atoms with Crippen molar-refractivity contribution >= 4 is 0 Å². The summed E-state index contributed by atoms with van der Waals surface area (Å²) in [4.78, 5) is 6.76. The third kappa shape index (κ3) is 3.52. The third-order valence-electron chi connectivity index (χ3n) is 5.34. The second-order valence-electron chi connectivity index (χ2n) is 6.90. The van der Waals surface area contributed by atoms with Gasteiger partial charge in [-0.3, -0.25) is 9.88 Å². The van der Waals surface area contributed by atoms with Crippen LogP contribution in [0.5, 0.6) is 5.75 Å². The number of aromatic nitrogens is 1. The molecule has 3 saturated heterocycles. The zero-order valence-electron chi connectivity index (χ0n) is 13.6. The lowest BCUT2D eigenvalue weighted by Gasteiger charge is -2.34. The Morgan fingerprint density at radius 1 is 1.22 bits per heavy atom. The molecule has 5 nitrogen and oxygen atoms in total. The maximum atomic E-state index is 6.21. The molecule has 0 aromatic carbocycles. The number of nitrogens with zero attached hydrogens (tertiary/aromatic N) is 2. The second-order valence-corrected chi connectivity index (χ2v) is 6.90. The molecule has 4 rings (SSSR count). The van der Waals surface area contributed by atoms with E-state index in [-0.39, 0.29) is 12.2 Å². The topological polar surface area (TPSA) is 43.8 Å². The molecule has 1 aromatic heterocycles. The van der Waals surface area contributed by atoms with Crippen molar-refractivity contribution in [3.8, 4) is 5.75 Å². The van der Waals surface area contributed by atoms with Gasteiger partial charge in [-0.05, 0) is 43.7 Å². The maximum Gasteiger partial charge on any atom is 0.139 e. The first-order chi connectivity index (χ1) is 11.4. The summed E-state index contributed by atoms with van der Waals surface area (Å²) >= 11 is 0. The molecule has 0 unspecified atom stereocenters. The van der Waals surface area contributed by atoms with Crippen molar-refractivity contribution in [2.75, 3.05) is 32.9 Å². The van der Waals surface area contributed by atoms with Gasteiger partial charge in [0.1, 0.15) is 18.0 Å². The summed E-state index contributed by atoms with van der Waals surface area (Å²) in [6.45, 7) is 4.80. The van der Waals surface area contributed by atoms with E-state index in [1.165, 1.54) is 19.3 Å². The third-order valence-corrected chi connectivity index (χ3v) is 5.34. The highest BCUT2D eigenvalue weighted by Gasteiger charge is 2.45. The van der Waals surface area contributed by atoms with Crippen LogP contribution in [0.15, 0.2) is 24.5 Å². The van der Waals surface area contributed by atoms with Crippen LogP contribution in [-0.2, 0) is 9.47 Å². The average molecular weight is 318 g/mol. The Balaban J connectivity index is 1.43. The summed E-state index contributed by atoms with van der Waals surface area (Å²) < 4.78 is 17.8. The van der Waals surface area contributed by atoms with Crippen molar-refractivity contribution in [1.29, 1.82) is 0 Å². The minimum atomic E-state index is 0.115. The first kappa shape index (κ1) is 15.4. The van der Waals surface area contributed by atoms with Gasteiger partial charge in [-0.25, -0.2) is 0 Å². The summed E-state index contributed by atoms with van der Waals surface area (Å²) in [5, 5.41) is 0. The highest BCUT2D eigenvalue weighted by atomic mass is 16.5. The van der Waals surface area contributed by atoms with Crippen LogP contribution in [0.2, 0.25) is 0 Å². The molecule has 0 spiro atoms. The Morgan fingerprint density at radius 3 is 2.96 bits per heavy atom. The van der Waals surface area contributed by atoms with Crippen molar-refractivity contribution in [2.45, 2.75) is 43.9 Å². The van der Waals surface area contributed by atoms with Gasteiger partial charge in [0.15, 0.2) is 0 Å². The molecule has 5 heteroatoms. The van der Waals surface area contributed by atoms with Crippen LogP contribution in [-0.4, -0.2) is 61.0 Å². The van der Waals surface area contributed by atoms with Gasteiger partial charge >= 0.3 is 0 Å². The Kier molecular flexibility index (Phi) is 4.78. The number of fused-ring (bicyclic) bond motifs is 1. The first-order valence-electron chi connectivity index (χ1n) is 8.90. The molecule has 126 valence electrons. The molecule has 23 heavy (non-hydrogen) atoms. The van der Waals surface area contributed by atoms with Crippen LogP contribution in [0, 0.1) is 5.92 Å². The maximum absolute atomic E-state index is 6.21. The minimum Gasteiger partial charge on any atom is -0.485 e. The van der Waals surface area contributed by atoms with E-state index in [9.17, 15) is 0 Å². The predicted octanol–water partition coefficient (Wildman–Crippen LogP) is 2.12. The van der Waals surface area contributed by atoms with Crippen molar-refractivity contribution in [3.05, 3.63) is 24.5 Å². The molecule has 3 aliphatic rings. The standard InChI is InChI=1S/C18H26N2O3/c1-3-15(11-19-7-1)23-17-13-20(12-14-5-9-21-10-6-14)16-4-2-8-22-18(16)17/h1,3,7,11,14,16-18H,2,4-6,8-10,12-13H2/t16-,17-,18+/m1/s1. The van der Waals surface area contributed by atoms with Gasteiger partial charge in [0.2, 0.25) is 0 Å². The average Bonchev–Trinajstić information content (AvgIpc) is 2.95. The van der Waals surface area contributed by atoms with E-state index in [4.69, 9.17) is 14.2 Å². The number of likely N-dealkylation sites (tertiary alicyclic amines) is 1. The monoisotopic (exact) mass is 318 g/mol. The highest BCUT2D eigenvalue weighted by molar-refractivity contribution is 5.17. The predicted molar refractivity (Wildman–Crippen MR) is 86.5 cm³/mol. The first-order valence-corrected chi connectivity index (χ1v) is 8.90. The van der Waals surface area contributed by atoms with Crippen LogP contribution < -0.4 is 4.74 Å². The lowest BCUT2D eigenvalue weighted by molar-refractivity contribution is -0.0488. The number of hydrogen-bond acceptors (Lipinski definition) is 5. The molecular formula is C18H26N2O3. The van der Waals surface area contributed by atoms with Crippen molar-refractivity contribution in [3.63, 3.8) is 0 Å². The van der Waals surface area contributed by atoms with Gasteiger partial charge in [-0.1, -0.05) is 0 Å². The van der Waals surface area contributed by atoms with E-state index in [0.717, 1.165) is 51.0 Å². The molecule has 0 N–H and O–H groups in total. The lowest BCUT2D eigenvalue weighted by Crippen LogP contribution is -2.44. The number of rotatable bonds is 4. The lowest BCUT2D eigenvalue weighted by atomic mass is 9.97. The normalized spacial score (nSPS) is 32.6. The zero-order valence-corrected chi connectivity index (χ0v) is 13.6. The largest absolute Gasteiger partial charge is 0.485 e. The fourth-order valence-electron chi connectivity index (χ4n) is 4.17. The molecule has 0 aliphatic carbocycles. The van der Waals surface area contributed by atoms with Crippen LogP contribution in [0.4, 0.5) is 0 Å². The van der Waals surface area contributed by atoms with E-state index in [0.29, 0.717) is 6.04 Å². The molecule has 0 saturated carbocycles. The van der Waals surface area contributed by atoms with Gasteiger partial charge in [-0.15, -0.1) is 0 Å². The molecular weight excluding hydrogens is 292 g/mol. The highest BCUT2D eigenvalue weighted by Crippen LogP contribution is 2.33. The second kappa shape index (κ2) is 7.16. The fraction of sp³-hybridized carbons (Fsp3) is 0.722. The minimum absolute atomic E-state index is 0.115. The van der Waals surface area contributed by atoms with Gasteiger partial charge in [-0.2, -0.15) is 0 Å². The summed E-state index contributed by atoms with van der Waals surface area (Å²) in [5.41, 5.74) is 0. The van der Waals surface area contributed by atoms with Gasteiger partial charge in [0.25, 0.3) is 0 Å². The molecule has 3 atom stereocenters. The van der Waals surface area contributed by atoms with E-state index in [2.05, 4.69) is 9.88 Å². The Labute approximate surface area is 137 Å². The van der Waals surface area contributed by atoms with E-state index in [1.54, 1.807) is 12.4 Å². The van der Waals surface area contributed by atoms with Crippen molar-refractivity contribution in [2.24, 2.45) is 5.92 Å². The Morgan fingerprint density at radius 2 is 2.13 bits per heavy atom. The van der Waals surface area contributed by atoms with Crippen LogP contribution in [0.25, 0.3) is 0 Å². The molecule has 1 aromatic rings. The summed E-state index contributed by atoms with van der Waals surface area (Å²) in [6.07, 6.45) is 8.63. The van der Waals surface area contributed by atoms with Crippen molar-refractivity contribution < 1.29 is 14.2 Å². The number of ether oxygens (including phenoxy) is 3. The number of hydrogen-bond donors (Lipinski definition) is 0. The van der Waals surface area contributed by atoms with E-state index < -0.39 is 0 Å². The molecule has 0 bridgehead atoms. The smallest absolute Gasteiger partial charge is 0.139 e. The van der Waals surface area contributed by atoms with E-state index in [1.807, 2.05) is 12.1 Å². The molecule has 0 radical (unpaired) electrons.